The number of piperidine rings is 1. The number of ether oxygens (including phenoxy) is 2. The molecule has 2 aromatic rings. The van der Waals surface area contributed by atoms with Gasteiger partial charge >= 0.3 is 18.1 Å². The molecule has 1 saturated heterocycles. The molecule has 0 unspecified atom stereocenters. The first-order chi connectivity index (χ1) is 16.0. The van der Waals surface area contributed by atoms with Crippen molar-refractivity contribution in [3.8, 4) is 0 Å². The molecule has 1 heterocycles. The summed E-state index contributed by atoms with van der Waals surface area (Å²) in [6, 6.07) is 8.96. The van der Waals surface area contributed by atoms with Crippen LogP contribution in [0.3, 0.4) is 0 Å². The molecular weight excluding hydrogens is 473 g/mol. The normalized spacial score (nSPS) is 15.4. The molecule has 1 fully saturated rings. The number of carbonyl (C=O) groups is 2. The number of methoxy groups -OCH3 is 2. The van der Waals surface area contributed by atoms with E-state index in [1.165, 1.54) is 44.6 Å². The van der Waals surface area contributed by atoms with E-state index in [2.05, 4.69) is 5.32 Å². The molecule has 1 aliphatic heterocycles. The maximum atomic E-state index is 13.1. The number of likely N-dealkylation sites (tertiary alicyclic amines) is 1. The average Bonchev–Trinajstić information content (AvgIpc) is 2.82. The molecule has 11 heteroatoms. The summed E-state index contributed by atoms with van der Waals surface area (Å²) in [7, 11) is 2.42. The zero-order chi connectivity index (χ0) is 25.1. The maximum absolute atomic E-state index is 13.1. The van der Waals surface area contributed by atoms with E-state index in [1.54, 1.807) is 4.90 Å². The summed E-state index contributed by atoms with van der Waals surface area (Å²) in [6.07, 6.45) is -4.18. The predicted octanol–water partition coefficient (Wildman–Crippen LogP) is 3.96. The van der Waals surface area contributed by atoms with Crippen molar-refractivity contribution in [1.29, 1.82) is 0 Å². The van der Waals surface area contributed by atoms with Gasteiger partial charge in [-0.15, -0.1) is 0 Å². The molecule has 2 N–H and O–H groups in total. The molecule has 3 rings (SSSR count). The molecule has 7 nitrogen and oxygen atoms in total. The van der Waals surface area contributed by atoms with E-state index >= 15 is 0 Å². The fourth-order valence-electron chi connectivity index (χ4n) is 3.73. The van der Waals surface area contributed by atoms with E-state index in [1.807, 2.05) is 0 Å². The number of carbonyl (C=O) groups excluding carboxylic acids is 2. The first-order valence-corrected chi connectivity index (χ1v) is 10.7. The first-order valence-electron chi connectivity index (χ1n) is 10.2. The number of rotatable bonds is 4. The summed E-state index contributed by atoms with van der Waals surface area (Å²) in [5, 5.41) is 14.2. The lowest BCUT2D eigenvalue weighted by atomic mass is 9.84. The number of halogens is 3. The minimum atomic E-state index is -4.50. The summed E-state index contributed by atoms with van der Waals surface area (Å²) < 4.78 is 48.6. The van der Waals surface area contributed by atoms with Crippen molar-refractivity contribution in [2.45, 2.75) is 24.6 Å². The van der Waals surface area contributed by atoms with Crippen molar-refractivity contribution in [3.05, 3.63) is 64.7 Å². The highest BCUT2D eigenvalue weighted by atomic mass is 32.1. The number of anilines is 1. The number of nitrogens with one attached hydrogen (secondary N) is 1. The van der Waals surface area contributed by atoms with Gasteiger partial charge < -0.3 is 24.8 Å². The third-order valence-electron chi connectivity index (χ3n) is 5.63. The Morgan fingerprint density at radius 1 is 1.03 bits per heavy atom. The molecule has 0 spiro atoms. The molecule has 0 atom stereocenters. The first kappa shape index (κ1) is 25.4. The second-order valence-corrected chi connectivity index (χ2v) is 8.20. The Morgan fingerprint density at radius 2 is 1.59 bits per heavy atom. The number of benzene rings is 2. The van der Waals surface area contributed by atoms with Gasteiger partial charge in [-0.3, -0.25) is 0 Å². The Kier molecular flexibility index (Phi) is 7.47. The number of esters is 2. The molecular formula is C23H23F3N2O5S. The minimum Gasteiger partial charge on any atom is -0.465 e. The van der Waals surface area contributed by atoms with Gasteiger partial charge in [0, 0.05) is 18.8 Å². The van der Waals surface area contributed by atoms with Crippen LogP contribution in [-0.4, -0.2) is 54.4 Å². The van der Waals surface area contributed by atoms with E-state index in [-0.39, 0.29) is 47.7 Å². The van der Waals surface area contributed by atoms with Crippen LogP contribution in [0.15, 0.2) is 42.5 Å². The standard InChI is InChI=1S/C23H23F3N2O5S/c1-32-19(29)14-10-15(20(30)33-2)12-18(11-14)27-21(34)28-8-6-22(31,7-9-28)16-4-3-5-17(13-16)23(24,25)26/h3-5,10-13,31H,6-9H2,1-2H3,(H,27,34). The van der Waals surface area contributed by atoms with Gasteiger partial charge in [0.25, 0.3) is 0 Å². The highest BCUT2D eigenvalue weighted by Gasteiger charge is 2.37. The Bertz CT molecular complexity index is 1060. The van der Waals surface area contributed by atoms with Crippen molar-refractivity contribution < 1.29 is 37.3 Å². The zero-order valence-corrected chi connectivity index (χ0v) is 19.3. The molecule has 0 bridgehead atoms. The maximum Gasteiger partial charge on any atom is 0.416 e. The summed E-state index contributed by atoms with van der Waals surface area (Å²) in [6.45, 7) is 0.554. The lowest BCUT2D eigenvalue weighted by molar-refractivity contribution is -0.137. The van der Waals surface area contributed by atoms with Gasteiger partial charge in [0.05, 0.1) is 36.5 Å². The van der Waals surface area contributed by atoms with Crippen LogP contribution in [0.4, 0.5) is 18.9 Å². The fourth-order valence-corrected chi connectivity index (χ4v) is 4.03. The van der Waals surface area contributed by atoms with E-state index in [0.717, 1.165) is 12.1 Å². The summed E-state index contributed by atoms with van der Waals surface area (Å²) in [5.74, 6) is -1.30. The molecule has 0 aliphatic carbocycles. The Morgan fingerprint density at radius 3 is 2.09 bits per heavy atom. The minimum absolute atomic E-state index is 0.119. The van der Waals surface area contributed by atoms with Crippen molar-refractivity contribution in [2.75, 3.05) is 32.6 Å². The predicted molar refractivity (Wildman–Crippen MR) is 121 cm³/mol. The van der Waals surface area contributed by atoms with E-state index in [9.17, 15) is 27.9 Å². The largest absolute Gasteiger partial charge is 0.465 e. The van der Waals surface area contributed by atoms with Crippen molar-refractivity contribution in [2.24, 2.45) is 0 Å². The van der Waals surface area contributed by atoms with Crippen LogP contribution in [0.2, 0.25) is 0 Å². The number of hydrogen-bond donors (Lipinski definition) is 2. The van der Waals surface area contributed by atoms with Crippen LogP contribution in [0.5, 0.6) is 0 Å². The number of nitrogens with zero attached hydrogens (tertiary/aromatic N) is 1. The second kappa shape index (κ2) is 9.98. The smallest absolute Gasteiger partial charge is 0.416 e. The lowest BCUT2D eigenvalue weighted by Crippen LogP contribution is -2.46. The molecule has 34 heavy (non-hydrogen) atoms. The Labute approximate surface area is 199 Å². The number of hydrogen-bond acceptors (Lipinski definition) is 6. The Balaban J connectivity index is 1.73. The molecule has 2 aromatic carbocycles. The van der Waals surface area contributed by atoms with Gasteiger partial charge in [0.15, 0.2) is 5.11 Å². The van der Waals surface area contributed by atoms with Crippen molar-refractivity contribution in [3.63, 3.8) is 0 Å². The van der Waals surface area contributed by atoms with Crippen molar-refractivity contribution in [1.82, 2.24) is 4.90 Å². The van der Waals surface area contributed by atoms with Gasteiger partial charge in [-0.05, 0) is 61.0 Å². The number of alkyl halides is 3. The van der Waals surface area contributed by atoms with Gasteiger partial charge in [-0.25, -0.2) is 9.59 Å². The average molecular weight is 497 g/mol. The molecule has 0 aromatic heterocycles. The molecule has 0 radical (unpaired) electrons. The Hall–Kier alpha value is -3.18. The van der Waals surface area contributed by atoms with Gasteiger partial charge in [0.2, 0.25) is 0 Å². The highest BCUT2D eigenvalue weighted by Crippen LogP contribution is 2.37. The van der Waals surface area contributed by atoms with Gasteiger partial charge in [0.1, 0.15) is 0 Å². The quantitative estimate of drug-likeness (QED) is 0.486. The number of thiocarbonyl (C=S) groups is 1. The fraction of sp³-hybridized carbons (Fsp3) is 0.348. The highest BCUT2D eigenvalue weighted by molar-refractivity contribution is 7.80. The summed E-state index contributed by atoms with van der Waals surface area (Å²) >= 11 is 5.44. The lowest BCUT2D eigenvalue weighted by Gasteiger charge is -2.39. The molecule has 182 valence electrons. The third kappa shape index (κ3) is 5.65. The van der Waals surface area contributed by atoms with Gasteiger partial charge in [-0.1, -0.05) is 12.1 Å². The monoisotopic (exact) mass is 496 g/mol. The summed E-state index contributed by atoms with van der Waals surface area (Å²) in [4.78, 5) is 25.7. The van der Waals surface area contributed by atoms with Crippen LogP contribution in [0.1, 0.15) is 44.7 Å². The van der Waals surface area contributed by atoms with Crippen LogP contribution in [0.25, 0.3) is 0 Å². The van der Waals surface area contributed by atoms with Crippen LogP contribution < -0.4 is 5.32 Å². The van der Waals surface area contributed by atoms with E-state index in [0.29, 0.717) is 5.69 Å². The second-order valence-electron chi connectivity index (χ2n) is 7.81. The number of aliphatic hydroxyl groups is 1. The van der Waals surface area contributed by atoms with Crippen LogP contribution >= 0.6 is 12.2 Å². The van der Waals surface area contributed by atoms with Crippen LogP contribution in [-0.2, 0) is 21.3 Å². The zero-order valence-electron chi connectivity index (χ0n) is 18.4. The molecule has 1 aliphatic rings. The topological polar surface area (TPSA) is 88.1 Å². The van der Waals surface area contributed by atoms with Crippen molar-refractivity contribution >= 4 is 35.0 Å². The van der Waals surface area contributed by atoms with Crippen LogP contribution in [0, 0.1) is 0 Å². The van der Waals surface area contributed by atoms with E-state index in [4.69, 9.17) is 21.7 Å². The van der Waals surface area contributed by atoms with Gasteiger partial charge in [-0.2, -0.15) is 13.2 Å². The third-order valence-corrected chi connectivity index (χ3v) is 5.99. The molecule has 0 amide bonds. The summed E-state index contributed by atoms with van der Waals surface area (Å²) in [5.41, 5.74) is -1.44. The molecule has 0 saturated carbocycles. The van der Waals surface area contributed by atoms with E-state index < -0.39 is 29.3 Å². The SMILES string of the molecule is COC(=O)c1cc(NC(=S)N2CCC(O)(c3cccc(C(F)(F)F)c3)CC2)cc(C(=O)OC)c1.